The standard InChI is InChI=1S/C8H18N4O/c1-3-5-12(6-7(9)10)8(13)11-4-2/h3-6H2,1-2H3,(H3,9,10)(H,11,13). The summed E-state index contributed by atoms with van der Waals surface area (Å²) in [5.74, 6) is 0.0136. The van der Waals surface area contributed by atoms with Crippen molar-refractivity contribution >= 4 is 11.9 Å². The number of rotatable bonds is 5. The van der Waals surface area contributed by atoms with Crippen molar-refractivity contribution in [2.45, 2.75) is 20.3 Å². The van der Waals surface area contributed by atoms with Gasteiger partial charge in [0.2, 0.25) is 0 Å². The molecule has 0 aromatic carbocycles. The number of hydrogen-bond acceptors (Lipinski definition) is 2. The van der Waals surface area contributed by atoms with Crippen LogP contribution in [-0.2, 0) is 0 Å². The van der Waals surface area contributed by atoms with Gasteiger partial charge in [-0.05, 0) is 13.3 Å². The van der Waals surface area contributed by atoms with Crippen molar-refractivity contribution in [1.82, 2.24) is 10.2 Å². The van der Waals surface area contributed by atoms with E-state index in [9.17, 15) is 4.79 Å². The number of urea groups is 1. The fraction of sp³-hybridized carbons (Fsp3) is 0.750. The highest BCUT2D eigenvalue weighted by Gasteiger charge is 2.11. The monoisotopic (exact) mass is 186 g/mol. The minimum Gasteiger partial charge on any atom is -0.386 e. The van der Waals surface area contributed by atoms with E-state index in [0.29, 0.717) is 13.1 Å². The fourth-order valence-corrected chi connectivity index (χ4v) is 0.991. The van der Waals surface area contributed by atoms with E-state index >= 15 is 0 Å². The summed E-state index contributed by atoms with van der Waals surface area (Å²) in [4.78, 5) is 12.9. The highest BCUT2D eigenvalue weighted by atomic mass is 16.2. The van der Waals surface area contributed by atoms with E-state index in [2.05, 4.69) is 5.32 Å². The van der Waals surface area contributed by atoms with Crippen LogP contribution < -0.4 is 11.1 Å². The summed E-state index contributed by atoms with van der Waals surface area (Å²) in [6, 6.07) is -0.153. The Hall–Kier alpha value is -1.26. The smallest absolute Gasteiger partial charge is 0.317 e. The third-order valence-electron chi connectivity index (χ3n) is 1.47. The largest absolute Gasteiger partial charge is 0.386 e. The third kappa shape index (κ3) is 5.05. The number of nitrogens with one attached hydrogen (secondary N) is 2. The molecule has 0 aliphatic heterocycles. The molecule has 0 aromatic rings. The molecule has 0 saturated carbocycles. The first-order valence-corrected chi connectivity index (χ1v) is 4.47. The summed E-state index contributed by atoms with van der Waals surface area (Å²) in [5.41, 5.74) is 5.22. The maximum atomic E-state index is 11.3. The van der Waals surface area contributed by atoms with Crippen LogP contribution in [0.5, 0.6) is 0 Å². The van der Waals surface area contributed by atoms with Gasteiger partial charge >= 0.3 is 6.03 Å². The highest BCUT2D eigenvalue weighted by Crippen LogP contribution is 1.91. The molecule has 76 valence electrons. The molecule has 0 aliphatic rings. The number of nitrogens with two attached hydrogens (primary N) is 1. The molecule has 0 rings (SSSR count). The number of amidine groups is 1. The molecule has 2 amide bonds. The Balaban J connectivity index is 4.06. The predicted octanol–water partition coefficient (Wildman–Crippen LogP) is 0.364. The van der Waals surface area contributed by atoms with Crippen molar-refractivity contribution in [3.05, 3.63) is 0 Å². The minimum absolute atomic E-state index is 0.0136. The average Bonchev–Trinajstić information content (AvgIpc) is 2.03. The Kier molecular flexibility index (Phi) is 5.67. The molecule has 4 N–H and O–H groups in total. The van der Waals surface area contributed by atoms with Crippen molar-refractivity contribution in [2.75, 3.05) is 19.6 Å². The van der Waals surface area contributed by atoms with E-state index in [-0.39, 0.29) is 18.4 Å². The maximum absolute atomic E-state index is 11.3. The zero-order valence-corrected chi connectivity index (χ0v) is 8.26. The van der Waals surface area contributed by atoms with Gasteiger partial charge in [0.25, 0.3) is 0 Å². The SMILES string of the molecule is CCCN(CC(=N)N)C(=O)NCC. The lowest BCUT2D eigenvalue weighted by molar-refractivity contribution is 0.205. The number of carbonyl (C=O) groups is 1. The summed E-state index contributed by atoms with van der Waals surface area (Å²) in [6.45, 7) is 5.27. The molecular formula is C8H18N4O. The lowest BCUT2D eigenvalue weighted by Gasteiger charge is -2.21. The van der Waals surface area contributed by atoms with Crippen molar-refractivity contribution in [3.8, 4) is 0 Å². The lowest BCUT2D eigenvalue weighted by atomic mass is 10.4. The maximum Gasteiger partial charge on any atom is 0.317 e. The number of nitrogens with zero attached hydrogens (tertiary/aromatic N) is 1. The Morgan fingerprint density at radius 2 is 2.15 bits per heavy atom. The van der Waals surface area contributed by atoms with E-state index < -0.39 is 0 Å². The topological polar surface area (TPSA) is 82.2 Å². The van der Waals surface area contributed by atoms with E-state index in [1.54, 1.807) is 0 Å². The zero-order valence-electron chi connectivity index (χ0n) is 8.26. The number of carbonyl (C=O) groups excluding carboxylic acids is 1. The third-order valence-corrected chi connectivity index (χ3v) is 1.47. The van der Waals surface area contributed by atoms with Crippen LogP contribution in [0.4, 0.5) is 4.79 Å². The van der Waals surface area contributed by atoms with Crippen LogP contribution in [-0.4, -0.2) is 36.4 Å². The molecule has 0 aliphatic carbocycles. The van der Waals surface area contributed by atoms with Crippen molar-refractivity contribution in [3.63, 3.8) is 0 Å². The van der Waals surface area contributed by atoms with Crippen LogP contribution >= 0.6 is 0 Å². The van der Waals surface area contributed by atoms with Crippen molar-refractivity contribution in [1.29, 1.82) is 5.41 Å². The second kappa shape index (κ2) is 6.28. The molecule has 13 heavy (non-hydrogen) atoms. The molecular weight excluding hydrogens is 168 g/mol. The van der Waals surface area contributed by atoms with E-state index in [4.69, 9.17) is 11.1 Å². The van der Waals surface area contributed by atoms with Crippen LogP contribution in [0.2, 0.25) is 0 Å². The van der Waals surface area contributed by atoms with Gasteiger partial charge in [-0.25, -0.2) is 4.79 Å². The van der Waals surface area contributed by atoms with Crippen LogP contribution in [0, 0.1) is 5.41 Å². The molecule has 5 nitrogen and oxygen atoms in total. The predicted molar refractivity (Wildman–Crippen MR) is 52.9 cm³/mol. The molecule has 0 unspecified atom stereocenters. The zero-order chi connectivity index (χ0) is 10.3. The summed E-state index contributed by atoms with van der Waals surface area (Å²) < 4.78 is 0. The Morgan fingerprint density at radius 1 is 1.54 bits per heavy atom. The first-order valence-electron chi connectivity index (χ1n) is 4.47. The average molecular weight is 186 g/mol. The van der Waals surface area contributed by atoms with E-state index in [1.807, 2.05) is 13.8 Å². The molecule has 5 heteroatoms. The summed E-state index contributed by atoms with van der Waals surface area (Å²) in [6.07, 6.45) is 0.865. The molecule has 0 spiro atoms. The first kappa shape index (κ1) is 11.7. The van der Waals surface area contributed by atoms with Gasteiger partial charge in [-0.15, -0.1) is 0 Å². The number of hydrogen-bond donors (Lipinski definition) is 3. The van der Waals surface area contributed by atoms with Gasteiger partial charge in [-0.1, -0.05) is 6.92 Å². The first-order chi connectivity index (χ1) is 6.11. The van der Waals surface area contributed by atoms with Gasteiger partial charge in [0.15, 0.2) is 0 Å². The minimum atomic E-state index is -0.153. The molecule has 0 atom stereocenters. The summed E-state index contributed by atoms with van der Waals surface area (Å²) in [5, 5.41) is 9.76. The molecule has 0 bridgehead atoms. The van der Waals surface area contributed by atoms with Crippen LogP contribution in [0.15, 0.2) is 0 Å². The molecule has 0 fully saturated rings. The van der Waals surface area contributed by atoms with E-state index in [1.165, 1.54) is 4.90 Å². The van der Waals surface area contributed by atoms with Gasteiger partial charge in [-0.2, -0.15) is 0 Å². The van der Waals surface area contributed by atoms with Gasteiger partial charge in [0.05, 0.1) is 6.54 Å². The highest BCUT2D eigenvalue weighted by molar-refractivity contribution is 5.84. The molecule has 0 saturated heterocycles. The van der Waals surface area contributed by atoms with Crippen LogP contribution in [0.3, 0.4) is 0 Å². The molecule has 0 aromatic heterocycles. The summed E-state index contributed by atoms with van der Waals surface area (Å²) in [7, 11) is 0. The Morgan fingerprint density at radius 3 is 2.54 bits per heavy atom. The molecule has 0 radical (unpaired) electrons. The quantitative estimate of drug-likeness (QED) is 0.428. The van der Waals surface area contributed by atoms with Crippen LogP contribution in [0.25, 0.3) is 0 Å². The van der Waals surface area contributed by atoms with Gasteiger partial charge in [0.1, 0.15) is 5.84 Å². The Labute approximate surface area is 78.8 Å². The van der Waals surface area contributed by atoms with Gasteiger partial charge in [0, 0.05) is 13.1 Å². The number of amides is 2. The lowest BCUT2D eigenvalue weighted by Crippen LogP contribution is -2.44. The second-order valence-electron chi connectivity index (χ2n) is 2.78. The van der Waals surface area contributed by atoms with Crippen molar-refractivity contribution < 1.29 is 4.79 Å². The normalized spacial score (nSPS) is 9.38. The van der Waals surface area contributed by atoms with Crippen LogP contribution in [0.1, 0.15) is 20.3 Å². The van der Waals surface area contributed by atoms with E-state index in [0.717, 1.165) is 6.42 Å². The van der Waals surface area contributed by atoms with Crippen molar-refractivity contribution in [2.24, 2.45) is 5.73 Å². The Bertz CT molecular complexity index is 181. The van der Waals surface area contributed by atoms with Gasteiger partial charge in [-0.3, -0.25) is 5.41 Å². The summed E-state index contributed by atoms with van der Waals surface area (Å²) >= 11 is 0. The second-order valence-corrected chi connectivity index (χ2v) is 2.78. The van der Waals surface area contributed by atoms with Gasteiger partial charge < -0.3 is 16.0 Å². The fourth-order valence-electron chi connectivity index (χ4n) is 0.991. The molecule has 0 heterocycles.